The topological polar surface area (TPSA) is 90.4 Å². The summed E-state index contributed by atoms with van der Waals surface area (Å²) >= 11 is 0. The SMILES string of the molecule is O=C(O)Cc1cc(=O)[nH]c(C(F)F)c1O. The molecule has 1 aromatic heterocycles. The van der Waals surface area contributed by atoms with Crippen LogP contribution in [-0.4, -0.2) is 21.2 Å². The monoisotopic (exact) mass is 219 g/mol. The smallest absolute Gasteiger partial charge is 0.307 e. The molecule has 15 heavy (non-hydrogen) atoms. The number of hydrogen-bond donors (Lipinski definition) is 3. The summed E-state index contributed by atoms with van der Waals surface area (Å²) in [5.74, 6) is -2.21. The lowest BCUT2D eigenvalue weighted by Gasteiger charge is -2.06. The molecule has 0 atom stereocenters. The van der Waals surface area contributed by atoms with Crippen molar-refractivity contribution in [2.45, 2.75) is 12.8 Å². The lowest BCUT2D eigenvalue weighted by molar-refractivity contribution is -0.136. The van der Waals surface area contributed by atoms with Gasteiger partial charge in [-0.05, 0) is 0 Å². The highest BCUT2D eigenvalue weighted by Gasteiger charge is 2.18. The minimum absolute atomic E-state index is 0.332. The molecule has 3 N–H and O–H groups in total. The molecule has 0 aliphatic heterocycles. The molecule has 0 saturated carbocycles. The Kier molecular flexibility index (Phi) is 3.03. The first kappa shape index (κ1) is 11.2. The van der Waals surface area contributed by atoms with Gasteiger partial charge in [-0.2, -0.15) is 0 Å². The Hall–Kier alpha value is -1.92. The van der Waals surface area contributed by atoms with Crippen LogP contribution in [0.3, 0.4) is 0 Å². The minimum Gasteiger partial charge on any atom is -0.506 e. The van der Waals surface area contributed by atoms with Gasteiger partial charge >= 0.3 is 5.97 Å². The van der Waals surface area contributed by atoms with E-state index in [0.717, 1.165) is 6.07 Å². The first-order valence-electron chi connectivity index (χ1n) is 3.87. The molecular weight excluding hydrogens is 212 g/mol. The second-order valence-corrected chi connectivity index (χ2v) is 2.79. The molecule has 0 aliphatic rings. The van der Waals surface area contributed by atoms with Crippen LogP contribution in [0.2, 0.25) is 0 Å². The summed E-state index contributed by atoms with van der Waals surface area (Å²) in [5, 5.41) is 17.6. The number of aromatic nitrogens is 1. The Morgan fingerprint density at radius 1 is 1.53 bits per heavy atom. The zero-order chi connectivity index (χ0) is 11.6. The van der Waals surface area contributed by atoms with Gasteiger partial charge in [0.15, 0.2) is 0 Å². The van der Waals surface area contributed by atoms with E-state index < -0.39 is 35.8 Å². The molecule has 5 nitrogen and oxygen atoms in total. The largest absolute Gasteiger partial charge is 0.506 e. The number of carboxylic acids is 1. The summed E-state index contributed by atoms with van der Waals surface area (Å²) in [7, 11) is 0. The predicted molar refractivity (Wildman–Crippen MR) is 45.0 cm³/mol. The molecule has 0 unspecified atom stereocenters. The minimum atomic E-state index is -3.06. The number of carboxylic acid groups (broad SMARTS) is 1. The van der Waals surface area contributed by atoms with E-state index in [1.165, 1.54) is 0 Å². The first-order valence-corrected chi connectivity index (χ1v) is 3.87. The maximum Gasteiger partial charge on any atom is 0.307 e. The van der Waals surface area contributed by atoms with Gasteiger partial charge in [-0.3, -0.25) is 9.59 Å². The van der Waals surface area contributed by atoms with E-state index in [0.29, 0.717) is 0 Å². The van der Waals surface area contributed by atoms with Gasteiger partial charge < -0.3 is 15.2 Å². The second kappa shape index (κ2) is 4.07. The molecule has 7 heteroatoms. The van der Waals surface area contributed by atoms with E-state index in [1.54, 1.807) is 4.98 Å². The Balaban J connectivity index is 3.28. The van der Waals surface area contributed by atoms with Gasteiger partial charge in [0.2, 0.25) is 5.56 Å². The molecule has 82 valence electrons. The Bertz CT molecular complexity index is 441. The van der Waals surface area contributed by atoms with Crippen LogP contribution in [0.25, 0.3) is 0 Å². The molecule has 0 radical (unpaired) electrons. The highest BCUT2D eigenvalue weighted by atomic mass is 19.3. The molecule has 1 heterocycles. The Morgan fingerprint density at radius 3 is 2.60 bits per heavy atom. The fourth-order valence-corrected chi connectivity index (χ4v) is 1.08. The summed E-state index contributed by atoms with van der Waals surface area (Å²) in [4.78, 5) is 22.9. The zero-order valence-corrected chi connectivity index (χ0v) is 7.33. The summed E-state index contributed by atoms with van der Waals surface area (Å²) in [6.45, 7) is 0. The summed E-state index contributed by atoms with van der Waals surface area (Å²) in [6.07, 6.45) is -3.75. The number of alkyl halides is 2. The van der Waals surface area contributed by atoms with Crippen LogP contribution in [0.4, 0.5) is 8.78 Å². The Labute approximate surface area is 82.0 Å². The van der Waals surface area contributed by atoms with E-state index in [2.05, 4.69) is 0 Å². The quantitative estimate of drug-likeness (QED) is 0.695. The molecule has 0 amide bonds. The first-order chi connectivity index (χ1) is 6.91. The molecular formula is C8H7F2NO4. The number of pyridine rings is 1. The fourth-order valence-electron chi connectivity index (χ4n) is 1.08. The van der Waals surface area contributed by atoms with E-state index in [1.807, 2.05) is 0 Å². The molecule has 0 aliphatic carbocycles. The van der Waals surface area contributed by atoms with Crippen LogP contribution in [-0.2, 0) is 11.2 Å². The van der Waals surface area contributed by atoms with Crippen molar-refractivity contribution in [1.29, 1.82) is 0 Å². The number of aromatic hydroxyl groups is 1. The predicted octanol–water partition coefficient (Wildman–Crippen LogP) is 0.645. The van der Waals surface area contributed by atoms with Crippen LogP contribution >= 0.6 is 0 Å². The lowest BCUT2D eigenvalue weighted by Crippen LogP contribution is -2.12. The van der Waals surface area contributed by atoms with Crippen molar-refractivity contribution in [1.82, 2.24) is 4.98 Å². The molecule has 0 spiro atoms. The summed E-state index contributed by atoms with van der Waals surface area (Å²) in [6, 6.07) is 0.773. The number of halogens is 2. The van der Waals surface area contributed by atoms with Gasteiger partial charge in [0.1, 0.15) is 11.4 Å². The van der Waals surface area contributed by atoms with Crippen LogP contribution in [0, 0.1) is 0 Å². The van der Waals surface area contributed by atoms with Crippen molar-refractivity contribution in [3.05, 3.63) is 27.7 Å². The molecule has 0 bridgehead atoms. The molecule has 0 fully saturated rings. The van der Waals surface area contributed by atoms with Crippen molar-refractivity contribution in [3.63, 3.8) is 0 Å². The third-order valence-corrected chi connectivity index (χ3v) is 1.68. The number of carbonyl (C=O) groups is 1. The lowest BCUT2D eigenvalue weighted by atomic mass is 10.1. The number of hydrogen-bond acceptors (Lipinski definition) is 3. The maximum absolute atomic E-state index is 12.2. The van der Waals surface area contributed by atoms with Gasteiger partial charge in [0.25, 0.3) is 6.43 Å². The maximum atomic E-state index is 12.2. The molecule has 0 saturated heterocycles. The second-order valence-electron chi connectivity index (χ2n) is 2.79. The third-order valence-electron chi connectivity index (χ3n) is 1.68. The van der Waals surface area contributed by atoms with Crippen LogP contribution in [0.15, 0.2) is 10.9 Å². The van der Waals surface area contributed by atoms with Crippen molar-refractivity contribution in [3.8, 4) is 5.75 Å². The summed E-state index contributed by atoms with van der Waals surface area (Å²) < 4.78 is 24.5. The van der Waals surface area contributed by atoms with Crippen LogP contribution in [0.1, 0.15) is 17.7 Å². The van der Waals surface area contributed by atoms with Gasteiger partial charge in [0, 0.05) is 11.6 Å². The average molecular weight is 219 g/mol. The van der Waals surface area contributed by atoms with Crippen LogP contribution in [0.5, 0.6) is 5.75 Å². The van der Waals surface area contributed by atoms with E-state index in [4.69, 9.17) is 5.11 Å². The third kappa shape index (κ3) is 2.52. The van der Waals surface area contributed by atoms with Gasteiger partial charge in [-0.25, -0.2) is 8.78 Å². The van der Waals surface area contributed by atoms with E-state index in [-0.39, 0.29) is 5.56 Å². The van der Waals surface area contributed by atoms with E-state index in [9.17, 15) is 23.5 Å². The average Bonchev–Trinajstić information content (AvgIpc) is 2.09. The number of aromatic amines is 1. The van der Waals surface area contributed by atoms with Crippen molar-refractivity contribution in [2.24, 2.45) is 0 Å². The fraction of sp³-hybridized carbons (Fsp3) is 0.250. The number of aliphatic carboxylic acids is 1. The van der Waals surface area contributed by atoms with Gasteiger partial charge in [0.05, 0.1) is 6.42 Å². The van der Waals surface area contributed by atoms with Crippen LogP contribution < -0.4 is 5.56 Å². The number of rotatable bonds is 3. The molecule has 0 aromatic carbocycles. The number of H-pyrrole nitrogens is 1. The molecule has 1 aromatic rings. The molecule has 1 rings (SSSR count). The van der Waals surface area contributed by atoms with Gasteiger partial charge in [-0.15, -0.1) is 0 Å². The zero-order valence-electron chi connectivity index (χ0n) is 7.33. The highest BCUT2D eigenvalue weighted by Crippen LogP contribution is 2.27. The Morgan fingerprint density at radius 2 is 2.13 bits per heavy atom. The van der Waals surface area contributed by atoms with Crippen molar-refractivity contribution >= 4 is 5.97 Å². The standard InChI is InChI=1S/C8H7F2NO4/c9-8(10)6-7(15)3(2-5(13)14)1-4(12)11-6/h1,8,15H,2H2,(H,11,12)(H,13,14). The normalized spacial score (nSPS) is 10.6. The van der Waals surface area contributed by atoms with Gasteiger partial charge in [-0.1, -0.05) is 0 Å². The highest BCUT2D eigenvalue weighted by molar-refractivity contribution is 5.71. The van der Waals surface area contributed by atoms with E-state index >= 15 is 0 Å². The summed E-state index contributed by atoms with van der Waals surface area (Å²) in [5.41, 5.74) is -2.17. The van der Waals surface area contributed by atoms with Crippen molar-refractivity contribution in [2.75, 3.05) is 0 Å². The van der Waals surface area contributed by atoms with Crippen molar-refractivity contribution < 1.29 is 23.8 Å². The number of nitrogens with one attached hydrogen (secondary N) is 1.